The van der Waals surface area contributed by atoms with Crippen LogP contribution >= 0.6 is 0 Å². The van der Waals surface area contributed by atoms with Crippen molar-refractivity contribution in [1.29, 1.82) is 0 Å². The molecule has 1 N–H and O–H groups in total. The Morgan fingerprint density at radius 3 is 2.89 bits per heavy atom. The van der Waals surface area contributed by atoms with E-state index in [0.29, 0.717) is 18.3 Å². The van der Waals surface area contributed by atoms with Crippen LogP contribution in [-0.2, 0) is 4.74 Å². The van der Waals surface area contributed by atoms with Crippen molar-refractivity contribution in [3.8, 4) is 0 Å². The molecule has 108 valence electrons. The van der Waals surface area contributed by atoms with Gasteiger partial charge < -0.3 is 14.6 Å². The molecular weight excluding hydrogens is 242 g/mol. The summed E-state index contributed by atoms with van der Waals surface area (Å²) >= 11 is 0. The lowest BCUT2D eigenvalue weighted by molar-refractivity contribution is 0.0518. The molecule has 2 unspecified atom stereocenters. The highest BCUT2D eigenvalue weighted by Crippen LogP contribution is 2.39. The second-order valence-corrected chi connectivity index (χ2v) is 5.82. The van der Waals surface area contributed by atoms with Gasteiger partial charge in [-0.25, -0.2) is 0 Å². The van der Waals surface area contributed by atoms with Crippen LogP contribution in [-0.4, -0.2) is 23.3 Å². The second kappa shape index (κ2) is 6.01. The van der Waals surface area contributed by atoms with E-state index in [-0.39, 0.29) is 17.6 Å². The summed E-state index contributed by atoms with van der Waals surface area (Å²) in [7, 11) is 0. The fraction of sp³-hybridized carbons (Fsp3) is 0.857. The highest BCUT2D eigenvalue weighted by molar-refractivity contribution is 5.02. The van der Waals surface area contributed by atoms with Crippen molar-refractivity contribution in [1.82, 2.24) is 15.5 Å². The van der Waals surface area contributed by atoms with Crippen LogP contribution in [0.25, 0.3) is 0 Å². The van der Waals surface area contributed by atoms with Crippen molar-refractivity contribution in [3.63, 3.8) is 0 Å². The summed E-state index contributed by atoms with van der Waals surface area (Å²) in [6, 6.07) is 0.140. The van der Waals surface area contributed by atoms with Crippen molar-refractivity contribution in [2.45, 2.75) is 59.1 Å². The topological polar surface area (TPSA) is 60.2 Å². The number of piperidine rings is 1. The van der Waals surface area contributed by atoms with Gasteiger partial charge in [0.1, 0.15) is 6.10 Å². The molecule has 2 heterocycles. The zero-order chi connectivity index (χ0) is 13.9. The minimum absolute atomic E-state index is 0.0609. The average Bonchev–Trinajstić information content (AvgIpc) is 2.84. The number of nitrogens with zero attached hydrogens (tertiary/aromatic N) is 2. The molecule has 0 aliphatic carbocycles. The molecule has 0 aromatic carbocycles. The molecule has 5 heteroatoms. The van der Waals surface area contributed by atoms with E-state index in [1.165, 1.54) is 12.8 Å². The van der Waals surface area contributed by atoms with Crippen LogP contribution in [0.2, 0.25) is 0 Å². The predicted molar refractivity (Wildman–Crippen MR) is 72.7 cm³/mol. The molecule has 0 radical (unpaired) electrons. The van der Waals surface area contributed by atoms with Crippen LogP contribution in [0.5, 0.6) is 0 Å². The SMILES string of the molecule is CCOC(CC)c1noc(C2NCCCC2(C)C)n1. The van der Waals surface area contributed by atoms with Gasteiger partial charge in [-0.15, -0.1) is 0 Å². The molecule has 1 fully saturated rings. The molecule has 19 heavy (non-hydrogen) atoms. The van der Waals surface area contributed by atoms with Gasteiger partial charge in [0, 0.05) is 6.61 Å². The number of aromatic nitrogens is 2. The molecule has 2 atom stereocenters. The molecular formula is C14H25N3O2. The maximum atomic E-state index is 5.62. The average molecular weight is 267 g/mol. The summed E-state index contributed by atoms with van der Waals surface area (Å²) in [4.78, 5) is 4.55. The Hall–Kier alpha value is -0.940. The zero-order valence-electron chi connectivity index (χ0n) is 12.4. The van der Waals surface area contributed by atoms with E-state index >= 15 is 0 Å². The number of ether oxygens (including phenoxy) is 1. The molecule has 1 aromatic rings. The van der Waals surface area contributed by atoms with Crippen LogP contribution in [0, 0.1) is 5.41 Å². The van der Waals surface area contributed by atoms with Crippen molar-refractivity contribution in [2.24, 2.45) is 5.41 Å². The number of nitrogens with one attached hydrogen (secondary N) is 1. The normalized spacial score (nSPS) is 24.3. The van der Waals surface area contributed by atoms with Gasteiger partial charge in [0.2, 0.25) is 11.7 Å². The summed E-state index contributed by atoms with van der Waals surface area (Å²) in [5.74, 6) is 1.36. The molecule has 1 aliphatic heterocycles. The first-order chi connectivity index (χ1) is 9.08. The summed E-state index contributed by atoms with van der Waals surface area (Å²) in [5.41, 5.74) is 0.148. The minimum Gasteiger partial charge on any atom is -0.370 e. The lowest BCUT2D eigenvalue weighted by Crippen LogP contribution is -2.39. The maximum Gasteiger partial charge on any atom is 0.244 e. The van der Waals surface area contributed by atoms with E-state index < -0.39 is 0 Å². The van der Waals surface area contributed by atoms with E-state index in [1.807, 2.05) is 6.92 Å². The molecule has 0 spiro atoms. The quantitative estimate of drug-likeness (QED) is 0.888. The van der Waals surface area contributed by atoms with E-state index in [2.05, 4.69) is 36.2 Å². The Labute approximate surface area is 115 Å². The molecule has 2 rings (SSSR count). The van der Waals surface area contributed by atoms with Gasteiger partial charge in [0.25, 0.3) is 0 Å². The Morgan fingerprint density at radius 2 is 2.26 bits per heavy atom. The first kappa shape index (κ1) is 14.5. The lowest BCUT2D eigenvalue weighted by Gasteiger charge is -2.36. The molecule has 1 aromatic heterocycles. The largest absolute Gasteiger partial charge is 0.370 e. The standard InChI is InChI=1S/C14H25N3O2/c1-5-10(18-6-2)12-16-13(19-17-12)11-14(3,4)8-7-9-15-11/h10-11,15H,5-9H2,1-4H3. The molecule has 0 saturated carbocycles. The molecule has 1 aliphatic rings. The van der Waals surface area contributed by atoms with Crippen LogP contribution in [0.1, 0.15) is 70.8 Å². The fourth-order valence-electron chi connectivity index (χ4n) is 2.70. The van der Waals surface area contributed by atoms with Crippen LogP contribution in [0.4, 0.5) is 0 Å². The van der Waals surface area contributed by atoms with Gasteiger partial charge >= 0.3 is 0 Å². The minimum atomic E-state index is -0.0609. The molecule has 5 nitrogen and oxygen atoms in total. The van der Waals surface area contributed by atoms with Gasteiger partial charge in [-0.1, -0.05) is 25.9 Å². The van der Waals surface area contributed by atoms with E-state index in [1.54, 1.807) is 0 Å². The Bertz CT molecular complexity index is 403. The van der Waals surface area contributed by atoms with E-state index in [0.717, 1.165) is 13.0 Å². The maximum absolute atomic E-state index is 5.62. The van der Waals surface area contributed by atoms with Crippen molar-refractivity contribution in [3.05, 3.63) is 11.7 Å². The van der Waals surface area contributed by atoms with Crippen molar-refractivity contribution >= 4 is 0 Å². The van der Waals surface area contributed by atoms with Gasteiger partial charge in [0.05, 0.1) is 6.04 Å². The first-order valence-electron chi connectivity index (χ1n) is 7.27. The number of hydrogen-bond donors (Lipinski definition) is 1. The summed E-state index contributed by atoms with van der Waals surface area (Å²) in [6.07, 6.45) is 3.16. The smallest absolute Gasteiger partial charge is 0.244 e. The number of rotatable bonds is 5. The van der Waals surface area contributed by atoms with Crippen LogP contribution < -0.4 is 5.32 Å². The third kappa shape index (κ3) is 3.15. The summed E-state index contributed by atoms with van der Waals surface area (Å²) in [6.45, 7) is 10.2. The Morgan fingerprint density at radius 1 is 1.47 bits per heavy atom. The van der Waals surface area contributed by atoms with Crippen molar-refractivity contribution in [2.75, 3.05) is 13.2 Å². The van der Waals surface area contributed by atoms with Gasteiger partial charge in [-0.05, 0) is 38.1 Å². The predicted octanol–water partition coefficient (Wildman–Crippen LogP) is 3.01. The van der Waals surface area contributed by atoms with E-state index in [4.69, 9.17) is 9.26 Å². The highest BCUT2D eigenvalue weighted by atomic mass is 16.5. The number of hydrogen-bond acceptors (Lipinski definition) is 5. The molecule has 0 bridgehead atoms. The highest BCUT2D eigenvalue weighted by Gasteiger charge is 2.37. The Kier molecular flexibility index (Phi) is 4.58. The lowest BCUT2D eigenvalue weighted by atomic mass is 9.77. The Balaban J connectivity index is 2.15. The van der Waals surface area contributed by atoms with Gasteiger partial charge in [0.15, 0.2) is 0 Å². The third-order valence-electron chi connectivity index (χ3n) is 3.86. The van der Waals surface area contributed by atoms with Crippen LogP contribution in [0.15, 0.2) is 4.52 Å². The second-order valence-electron chi connectivity index (χ2n) is 5.82. The fourth-order valence-corrected chi connectivity index (χ4v) is 2.70. The summed E-state index contributed by atoms with van der Waals surface area (Å²) in [5, 5.41) is 7.59. The van der Waals surface area contributed by atoms with Gasteiger partial charge in [-0.2, -0.15) is 4.98 Å². The monoisotopic (exact) mass is 267 g/mol. The third-order valence-corrected chi connectivity index (χ3v) is 3.86. The molecule has 1 saturated heterocycles. The summed E-state index contributed by atoms with van der Waals surface area (Å²) < 4.78 is 11.1. The molecule has 0 amide bonds. The van der Waals surface area contributed by atoms with Crippen molar-refractivity contribution < 1.29 is 9.26 Å². The van der Waals surface area contributed by atoms with Gasteiger partial charge in [-0.3, -0.25) is 0 Å². The zero-order valence-corrected chi connectivity index (χ0v) is 12.4. The first-order valence-corrected chi connectivity index (χ1v) is 7.27. The van der Waals surface area contributed by atoms with E-state index in [9.17, 15) is 0 Å². The van der Waals surface area contributed by atoms with Crippen LogP contribution in [0.3, 0.4) is 0 Å².